The van der Waals surface area contributed by atoms with Crippen LogP contribution in [0.5, 0.6) is 0 Å². The minimum atomic E-state index is -3.14. The predicted molar refractivity (Wildman–Crippen MR) is 98.1 cm³/mol. The third-order valence-electron chi connectivity index (χ3n) is 5.44. The number of anilines is 2. The first-order valence-corrected chi connectivity index (χ1v) is 10.6. The Morgan fingerprint density at radius 1 is 1.19 bits per heavy atom. The van der Waals surface area contributed by atoms with E-state index >= 15 is 0 Å². The zero-order valence-electron chi connectivity index (χ0n) is 14.6. The molecule has 0 aromatic heterocycles. The van der Waals surface area contributed by atoms with Crippen molar-refractivity contribution in [3.05, 3.63) is 23.8 Å². The lowest BCUT2D eigenvalue weighted by Crippen LogP contribution is -2.60. The summed E-state index contributed by atoms with van der Waals surface area (Å²) in [5, 5.41) is 5.75. The zero-order valence-corrected chi connectivity index (χ0v) is 15.4. The molecule has 140 valence electrons. The summed E-state index contributed by atoms with van der Waals surface area (Å²) in [6.45, 7) is 4.17. The molecule has 1 aromatic carbocycles. The molecule has 9 heteroatoms. The van der Waals surface area contributed by atoms with Crippen LogP contribution in [0.4, 0.5) is 11.4 Å². The van der Waals surface area contributed by atoms with E-state index in [4.69, 9.17) is 0 Å². The van der Waals surface area contributed by atoms with Gasteiger partial charge in [-0.15, -0.1) is 0 Å². The average molecular weight is 378 g/mol. The first kappa shape index (κ1) is 17.3. The summed E-state index contributed by atoms with van der Waals surface area (Å²) >= 11 is 0. The fourth-order valence-electron chi connectivity index (χ4n) is 4.14. The lowest BCUT2D eigenvalue weighted by atomic mass is 10.0. The topological polar surface area (TPSA) is 98.8 Å². The fraction of sp³-hybridized carbons (Fsp3) is 0.529. The van der Waals surface area contributed by atoms with Crippen LogP contribution in [0.25, 0.3) is 0 Å². The maximum Gasteiger partial charge on any atom is 0.254 e. The molecule has 0 bridgehead atoms. The second-order valence-electron chi connectivity index (χ2n) is 7.00. The summed E-state index contributed by atoms with van der Waals surface area (Å²) in [7, 11) is -3.14. The van der Waals surface area contributed by atoms with Crippen LogP contribution in [-0.2, 0) is 14.6 Å². The summed E-state index contributed by atoms with van der Waals surface area (Å²) < 4.78 is 24.3. The van der Waals surface area contributed by atoms with Gasteiger partial charge in [-0.05, 0) is 24.7 Å². The molecule has 2 fully saturated rings. The van der Waals surface area contributed by atoms with Gasteiger partial charge in [0.05, 0.1) is 35.5 Å². The molecule has 0 unspecified atom stereocenters. The molecule has 0 aliphatic carbocycles. The van der Waals surface area contributed by atoms with Crippen molar-refractivity contribution < 1.29 is 18.0 Å². The molecule has 3 aliphatic heterocycles. The summed E-state index contributed by atoms with van der Waals surface area (Å²) in [5.74, 6) is -0.209. The number of fused-ring (bicyclic) bond motifs is 2. The van der Waals surface area contributed by atoms with Gasteiger partial charge in [0.1, 0.15) is 0 Å². The van der Waals surface area contributed by atoms with E-state index < -0.39 is 9.84 Å². The van der Waals surface area contributed by atoms with E-state index in [0.29, 0.717) is 24.3 Å². The minimum absolute atomic E-state index is 0.0170. The van der Waals surface area contributed by atoms with Crippen LogP contribution in [0.1, 0.15) is 17.3 Å². The molecule has 2 atom stereocenters. The highest BCUT2D eigenvalue weighted by Crippen LogP contribution is 2.30. The molecule has 0 radical (unpaired) electrons. The second-order valence-corrected chi connectivity index (χ2v) is 9.15. The molecule has 0 spiro atoms. The van der Waals surface area contributed by atoms with Crippen molar-refractivity contribution in [3.8, 4) is 0 Å². The maximum absolute atomic E-state index is 13.1. The maximum atomic E-state index is 13.1. The Balaban J connectivity index is 1.62. The number of likely N-dealkylation sites (N-methyl/N-ethyl adjacent to an activating group) is 1. The summed E-state index contributed by atoms with van der Waals surface area (Å²) in [4.78, 5) is 28.5. The van der Waals surface area contributed by atoms with Crippen LogP contribution in [0.3, 0.4) is 0 Å². The van der Waals surface area contributed by atoms with E-state index in [1.807, 2.05) is 6.92 Å². The molecule has 26 heavy (non-hydrogen) atoms. The van der Waals surface area contributed by atoms with E-state index in [-0.39, 0.29) is 41.9 Å². The Hall–Kier alpha value is -2.13. The number of amides is 2. The van der Waals surface area contributed by atoms with Crippen LogP contribution >= 0.6 is 0 Å². The van der Waals surface area contributed by atoms with Crippen molar-refractivity contribution >= 4 is 33.0 Å². The fourth-order valence-corrected chi connectivity index (χ4v) is 6.15. The van der Waals surface area contributed by atoms with E-state index in [9.17, 15) is 18.0 Å². The van der Waals surface area contributed by atoms with Crippen LogP contribution in [0.15, 0.2) is 18.2 Å². The Kier molecular flexibility index (Phi) is 4.15. The third-order valence-corrected chi connectivity index (χ3v) is 7.14. The number of hydrogen-bond donors (Lipinski definition) is 2. The first-order valence-electron chi connectivity index (χ1n) is 8.81. The van der Waals surface area contributed by atoms with Crippen molar-refractivity contribution in [2.75, 3.05) is 48.3 Å². The highest BCUT2D eigenvalue weighted by molar-refractivity contribution is 7.91. The van der Waals surface area contributed by atoms with Crippen molar-refractivity contribution in [3.63, 3.8) is 0 Å². The van der Waals surface area contributed by atoms with Crippen molar-refractivity contribution in [1.82, 2.24) is 9.80 Å². The Morgan fingerprint density at radius 3 is 2.73 bits per heavy atom. The molecule has 8 nitrogen and oxygen atoms in total. The lowest BCUT2D eigenvalue weighted by molar-refractivity contribution is -0.114. The Labute approximate surface area is 152 Å². The first-order chi connectivity index (χ1) is 12.4. The minimum Gasteiger partial charge on any atom is -0.374 e. The SMILES string of the molecule is CCN1CCN(C(=O)c2ccc3c(c2)NC(=O)CN3)[C@H]2CS(=O)(=O)C[C@H]21. The van der Waals surface area contributed by atoms with Gasteiger partial charge >= 0.3 is 0 Å². The number of benzene rings is 1. The predicted octanol–water partition coefficient (Wildman–Crippen LogP) is -0.00610. The van der Waals surface area contributed by atoms with Gasteiger partial charge in [-0.1, -0.05) is 6.92 Å². The van der Waals surface area contributed by atoms with Gasteiger partial charge in [0.2, 0.25) is 5.91 Å². The number of nitrogens with zero attached hydrogens (tertiary/aromatic N) is 2. The highest BCUT2D eigenvalue weighted by Gasteiger charge is 2.47. The number of carbonyl (C=O) groups is 2. The lowest BCUT2D eigenvalue weighted by Gasteiger charge is -2.43. The normalized spacial score (nSPS) is 27.3. The average Bonchev–Trinajstić information content (AvgIpc) is 2.94. The molecule has 0 saturated carbocycles. The van der Waals surface area contributed by atoms with Gasteiger partial charge in [0, 0.05) is 24.7 Å². The van der Waals surface area contributed by atoms with Gasteiger partial charge < -0.3 is 15.5 Å². The van der Waals surface area contributed by atoms with Gasteiger partial charge in [0.25, 0.3) is 5.91 Å². The number of rotatable bonds is 2. The Morgan fingerprint density at radius 2 is 1.96 bits per heavy atom. The zero-order chi connectivity index (χ0) is 18.5. The summed E-state index contributed by atoms with van der Waals surface area (Å²) in [6, 6.07) is 4.70. The van der Waals surface area contributed by atoms with Gasteiger partial charge in [-0.3, -0.25) is 14.5 Å². The van der Waals surface area contributed by atoms with Crippen LogP contribution in [-0.4, -0.2) is 79.8 Å². The molecule has 3 aliphatic rings. The number of carbonyl (C=O) groups excluding carboxylic acids is 2. The van der Waals surface area contributed by atoms with Gasteiger partial charge in [-0.2, -0.15) is 0 Å². The van der Waals surface area contributed by atoms with E-state index in [1.165, 1.54) is 0 Å². The molecule has 2 N–H and O–H groups in total. The molecule has 1 aromatic rings. The van der Waals surface area contributed by atoms with E-state index in [2.05, 4.69) is 15.5 Å². The van der Waals surface area contributed by atoms with Crippen LogP contribution < -0.4 is 10.6 Å². The van der Waals surface area contributed by atoms with Crippen molar-refractivity contribution in [2.45, 2.75) is 19.0 Å². The molecule has 2 saturated heterocycles. The monoisotopic (exact) mass is 378 g/mol. The second kappa shape index (κ2) is 6.24. The van der Waals surface area contributed by atoms with Gasteiger partial charge in [-0.25, -0.2) is 8.42 Å². The molecular formula is C17H22N4O4S. The van der Waals surface area contributed by atoms with Crippen molar-refractivity contribution in [2.24, 2.45) is 0 Å². The third kappa shape index (κ3) is 2.95. The van der Waals surface area contributed by atoms with Crippen LogP contribution in [0.2, 0.25) is 0 Å². The summed E-state index contributed by atoms with van der Waals surface area (Å²) in [5.41, 5.74) is 1.81. The van der Waals surface area contributed by atoms with E-state index in [1.54, 1.807) is 23.1 Å². The van der Waals surface area contributed by atoms with Crippen molar-refractivity contribution in [1.29, 1.82) is 0 Å². The standard InChI is InChI=1S/C17H22N4O4S/c1-2-20-5-6-21(15-10-26(24,25)9-14(15)20)17(23)11-3-4-12-13(7-11)19-16(22)8-18-12/h3-4,7,14-15,18H,2,5-6,8-10H2,1H3,(H,19,22)/t14-,15+/m1/s1. The van der Waals surface area contributed by atoms with Gasteiger partial charge in [0.15, 0.2) is 9.84 Å². The molecule has 2 amide bonds. The highest BCUT2D eigenvalue weighted by atomic mass is 32.2. The molecule has 4 rings (SSSR count). The number of nitrogens with one attached hydrogen (secondary N) is 2. The molecular weight excluding hydrogens is 356 g/mol. The molecule has 3 heterocycles. The Bertz CT molecular complexity index is 870. The van der Waals surface area contributed by atoms with Crippen LogP contribution in [0, 0.1) is 0 Å². The summed E-state index contributed by atoms with van der Waals surface area (Å²) in [6.07, 6.45) is 0. The smallest absolute Gasteiger partial charge is 0.254 e. The number of sulfone groups is 1. The number of piperazine rings is 1. The van der Waals surface area contributed by atoms with E-state index in [0.717, 1.165) is 12.2 Å². The quantitative estimate of drug-likeness (QED) is 0.751. The largest absolute Gasteiger partial charge is 0.374 e. The number of hydrogen-bond acceptors (Lipinski definition) is 6.